The molecule has 23 heavy (non-hydrogen) atoms. The van der Waals surface area contributed by atoms with E-state index in [1.54, 1.807) is 0 Å². The maximum absolute atomic E-state index is 11.9. The summed E-state index contributed by atoms with van der Waals surface area (Å²) in [5.74, 6) is 1.98. The van der Waals surface area contributed by atoms with Crippen LogP contribution in [-0.2, 0) is 4.79 Å². The molecule has 2 aliphatic rings. The van der Waals surface area contributed by atoms with E-state index in [0.717, 1.165) is 43.1 Å². The maximum Gasteiger partial charge on any atom is 0.311 e. The molecule has 2 heterocycles. The number of aromatic nitrogens is 2. The Bertz CT molecular complexity index is 588. The van der Waals surface area contributed by atoms with Crippen LogP contribution in [0.4, 0.5) is 5.82 Å². The van der Waals surface area contributed by atoms with Crippen molar-refractivity contribution in [3.8, 4) is 0 Å². The van der Waals surface area contributed by atoms with Gasteiger partial charge >= 0.3 is 5.97 Å². The Balaban J connectivity index is 1.95. The molecule has 1 N–H and O–H groups in total. The van der Waals surface area contributed by atoms with Crippen molar-refractivity contribution in [2.75, 3.05) is 18.0 Å². The Morgan fingerprint density at radius 1 is 1.30 bits per heavy atom. The van der Waals surface area contributed by atoms with E-state index < -0.39 is 11.4 Å². The van der Waals surface area contributed by atoms with E-state index in [1.807, 2.05) is 6.07 Å². The van der Waals surface area contributed by atoms with E-state index in [0.29, 0.717) is 12.5 Å². The number of fused-ring (bicyclic) bond motifs is 1. The normalized spacial score (nSPS) is 27.0. The van der Waals surface area contributed by atoms with Crippen molar-refractivity contribution in [2.45, 2.75) is 58.8 Å². The van der Waals surface area contributed by atoms with E-state index in [1.165, 1.54) is 0 Å². The van der Waals surface area contributed by atoms with Gasteiger partial charge in [0, 0.05) is 30.8 Å². The zero-order chi connectivity index (χ0) is 16.8. The lowest BCUT2D eigenvalue weighted by Crippen LogP contribution is -2.36. The summed E-state index contributed by atoms with van der Waals surface area (Å²) in [5, 5.41) is 9.77. The summed E-state index contributed by atoms with van der Waals surface area (Å²) < 4.78 is 0. The van der Waals surface area contributed by atoms with Crippen LogP contribution in [0.25, 0.3) is 0 Å². The highest BCUT2D eigenvalue weighted by Crippen LogP contribution is 2.49. The Labute approximate surface area is 138 Å². The van der Waals surface area contributed by atoms with Gasteiger partial charge in [0.05, 0.1) is 5.41 Å². The summed E-state index contributed by atoms with van der Waals surface area (Å²) in [6.07, 6.45) is 2.84. The summed E-state index contributed by atoms with van der Waals surface area (Å²) in [7, 11) is 0. The van der Waals surface area contributed by atoms with Crippen LogP contribution >= 0.6 is 0 Å². The fourth-order valence-corrected chi connectivity index (χ4v) is 4.00. The van der Waals surface area contributed by atoms with Gasteiger partial charge in [-0.05, 0) is 24.7 Å². The molecular weight excluding hydrogens is 290 g/mol. The predicted octanol–water partition coefficient (Wildman–Crippen LogP) is 3.41. The van der Waals surface area contributed by atoms with E-state index >= 15 is 0 Å². The minimum atomic E-state index is -0.635. The van der Waals surface area contributed by atoms with Crippen LogP contribution in [-0.4, -0.2) is 34.1 Å². The predicted molar refractivity (Wildman–Crippen MR) is 89.8 cm³/mol. The molecular formula is C18H27N3O2. The molecule has 2 fully saturated rings. The van der Waals surface area contributed by atoms with Crippen molar-refractivity contribution in [1.82, 2.24) is 9.97 Å². The number of hydrogen-bond acceptors (Lipinski definition) is 4. The molecule has 1 aliphatic heterocycles. The van der Waals surface area contributed by atoms with Gasteiger partial charge in [-0.25, -0.2) is 9.97 Å². The van der Waals surface area contributed by atoms with Gasteiger partial charge in [-0.15, -0.1) is 0 Å². The van der Waals surface area contributed by atoms with Crippen LogP contribution in [0, 0.1) is 11.3 Å². The monoisotopic (exact) mass is 317 g/mol. The molecule has 3 rings (SSSR count). The molecule has 1 aromatic rings. The molecule has 126 valence electrons. The van der Waals surface area contributed by atoms with Gasteiger partial charge in [0.2, 0.25) is 0 Å². The number of carboxylic acids is 1. The molecule has 0 spiro atoms. The summed E-state index contributed by atoms with van der Waals surface area (Å²) in [6.45, 7) is 9.85. The summed E-state index contributed by atoms with van der Waals surface area (Å²) in [5.41, 5.74) is 0.473. The van der Waals surface area contributed by atoms with Gasteiger partial charge in [-0.3, -0.25) is 4.79 Å². The lowest BCUT2D eigenvalue weighted by molar-refractivity contribution is -0.149. The lowest BCUT2D eigenvalue weighted by atomic mass is 9.81. The van der Waals surface area contributed by atoms with E-state index in [9.17, 15) is 9.90 Å². The first kappa shape index (κ1) is 16.2. The van der Waals surface area contributed by atoms with Crippen molar-refractivity contribution in [3.05, 3.63) is 17.6 Å². The van der Waals surface area contributed by atoms with Crippen LogP contribution in [0.2, 0.25) is 0 Å². The fraction of sp³-hybridized carbons (Fsp3) is 0.722. The van der Waals surface area contributed by atoms with Gasteiger partial charge < -0.3 is 10.0 Å². The molecule has 0 aromatic carbocycles. The van der Waals surface area contributed by atoms with Crippen molar-refractivity contribution in [1.29, 1.82) is 0 Å². The van der Waals surface area contributed by atoms with Crippen LogP contribution < -0.4 is 4.90 Å². The quantitative estimate of drug-likeness (QED) is 0.921. The fourth-order valence-electron chi connectivity index (χ4n) is 4.00. The molecule has 1 aliphatic carbocycles. The minimum Gasteiger partial charge on any atom is -0.481 e. The third kappa shape index (κ3) is 2.70. The van der Waals surface area contributed by atoms with Gasteiger partial charge in [-0.1, -0.05) is 34.1 Å². The number of carboxylic acid groups (broad SMARTS) is 1. The zero-order valence-corrected chi connectivity index (χ0v) is 14.5. The van der Waals surface area contributed by atoms with E-state index in [2.05, 4.69) is 37.6 Å². The van der Waals surface area contributed by atoms with Gasteiger partial charge in [0.1, 0.15) is 11.6 Å². The zero-order valence-electron chi connectivity index (χ0n) is 14.5. The molecule has 0 radical (unpaired) electrons. The third-order valence-corrected chi connectivity index (χ3v) is 5.48. The first-order chi connectivity index (χ1) is 10.8. The smallest absolute Gasteiger partial charge is 0.311 e. The number of rotatable bonds is 4. The molecule has 0 bridgehead atoms. The lowest BCUT2D eigenvalue weighted by Gasteiger charge is -2.24. The largest absolute Gasteiger partial charge is 0.481 e. The van der Waals surface area contributed by atoms with Gasteiger partial charge in [0.25, 0.3) is 0 Å². The van der Waals surface area contributed by atoms with Crippen LogP contribution in [0.5, 0.6) is 0 Å². The number of nitrogens with zero attached hydrogens (tertiary/aromatic N) is 3. The number of hydrogen-bond donors (Lipinski definition) is 1. The maximum atomic E-state index is 11.9. The van der Waals surface area contributed by atoms with Gasteiger partial charge in [0.15, 0.2) is 0 Å². The van der Waals surface area contributed by atoms with Gasteiger partial charge in [-0.2, -0.15) is 0 Å². The molecule has 2 atom stereocenters. The molecule has 0 amide bonds. The molecule has 0 unspecified atom stereocenters. The molecule has 5 heteroatoms. The standard InChI is InChI=1S/C18H27N3O2/c1-11(2)14-8-15(20-16(19-14)12(3)4)21-9-13-6-5-7-18(13,10-21)17(22)23/h8,11-13H,5-7,9-10H2,1-4H3,(H,22,23)/t13-,18+/m0/s1. The molecule has 5 nitrogen and oxygen atoms in total. The Hall–Kier alpha value is -1.65. The second kappa shape index (κ2) is 5.77. The first-order valence-electron chi connectivity index (χ1n) is 8.70. The van der Waals surface area contributed by atoms with Crippen molar-refractivity contribution in [3.63, 3.8) is 0 Å². The number of aliphatic carboxylic acids is 1. The second-order valence-corrected chi connectivity index (χ2v) is 7.75. The average molecular weight is 317 g/mol. The van der Waals surface area contributed by atoms with E-state index in [-0.39, 0.29) is 11.8 Å². The first-order valence-corrected chi connectivity index (χ1v) is 8.70. The highest BCUT2D eigenvalue weighted by Gasteiger charge is 2.55. The van der Waals surface area contributed by atoms with Crippen molar-refractivity contribution >= 4 is 11.8 Å². The third-order valence-electron chi connectivity index (χ3n) is 5.48. The SMILES string of the molecule is CC(C)c1cc(N2C[C@@H]3CCC[C@@]3(C(=O)O)C2)nc(C(C)C)n1. The summed E-state index contributed by atoms with van der Waals surface area (Å²) in [4.78, 5) is 23.5. The van der Waals surface area contributed by atoms with E-state index in [4.69, 9.17) is 4.98 Å². The minimum absolute atomic E-state index is 0.250. The van der Waals surface area contributed by atoms with Crippen LogP contribution in [0.15, 0.2) is 6.07 Å². The molecule has 1 saturated heterocycles. The number of carbonyl (C=O) groups is 1. The van der Waals surface area contributed by atoms with Crippen molar-refractivity contribution < 1.29 is 9.90 Å². The summed E-state index contributed by atoms with van der Waals surface area (Å²) >= 11 is 0. The summed E-state index contributed by atoms with van der Waals surface area (Å²) in [6, 6.07) is 2.05. The van der Waals surface area contributed by atoms with Crippen LogP contribution in [0.3, 0.4) is 0 Å². The van der Waals surface area contributed by atoms with Crippen LogP contribution in [0.1, 0.15) is 70.3 Å². The topological polar surface area (TPSA) is 66.3 Å². The second-order valence-electron chi connectivity index (χ2n) is 7.75. The molecule has 1 saturated carbocycles. The highest BCUT2D eigenvalue weighted by molar-refractivity contribution is 5.77. The Kier molecular flexibility index (Phi) is 4.07. The Morgan fingerprint density at radius 2 is 2.04 bits per heavy atom. The highest BCUT2D eigenvalue weighted by atomic mass is 16.4. The Morgan fingerprint density at radius 3 is 2.61 bits per heavy atom. The van der Waals surface area contributed by atoms with Crippen molar-refractivity contribution in [2.24, 2.45) is 11.3 Å². The average Bonchev–Trinajstić information content (AvgIpc) is 3.04. The number of anilines is 1. The molecule has 1 aromatic heterocycles.